The molecule has 4 aromatic rings. The molecule has 0 unspecified atom stereocenters. The largest absolute Gasteiger partial charge is 0.354 e. The minimum atomic E-state index is -0.602. The topological polar surface area (TPSA) is 90.4 Å². The van der Waals surface area contributed by atoms with Gasteiger partial charge in [0.1, 0.15) is 0 Å². The van der Waals surface area contributed by atoms with Crippen LogP contribution in [-0.2, 0) is 9.47 Å². The van der Waals surface area contributed by atoms with Crippen LogP contribution in [0.15, 0.2) is 57.7 Å². The van der Waals surface area contributed by atoms with Crippen molar-refractivity contribution in [3.8, 4) is 0 Å². The van der Waals surface area contributed by atoms with E-state index in [4.69, 9.17) is 44.3 Å². The number of hydrogen-bond donors (Lipinski definition) is 1. The number of carbonyl (C=O) groups excluding carboxylic acids is 2. The number of amides is 1. The lowest BCUT2D eigenvalue weighted by molar-refractivity contribution is -0.0974. The first-order valence-corrected chi connectivity index (χ1v) is 12.9. The molecule has 0 saturated heterocycles. The van der Waals surface area contributed by atoms with Gasteiger partial charge in [-0.05, 0) is 48.0 Å². The van der Waals surface area contributed by atoms with Crippen LogP contribution in [0.1, 0.15) is 20.7 Å². The fraction of sp³-hybridized carbons (Fsp3) is 0.167. The van der Waals surface area contributed by atoms with Crippen LogP contribution in [0, 0.1) is 0 Å². The molecular weight excluding hydrogens is 660 g/mol. The summed E-state index contributed by atoms with van der Waals surface area (Å²) in [6.45, 7) is 0.221. The predicted octanol–water partition coefficient (Wildman–Crippen LogP) is 7.03. The van der Waals surface area contributed by atoms with Crippen molar-refractivity contribution in [2.24, 2.45) is 0 Å². The lowest BCUT2D eigenvalue weighted by Gasteiger charge is -2.14. The van der Waals surface area contributed by atoms with E-state index in [1.54, 1.807) is 6.07 Å². The van der Waals surface area contributed by atoms with Crippen molar-refractivity contribution in [2.45, 2.75) is 6.29 Å². The zero-order valence-electron chi connectivity index (χ0n) is 18.8. The molecule has 1 N–H and O–H groups in total. The molecule has 1 amide bonds. The molecule has 2 heterocycles. The third kappa shape index (κ3) is 6.92. The number of hydrogen-bond acceptors (Lipinski definition) is 6. The lowest BCUT2D eigenvalue weighted by atomic mass is 10.1. The van der Waals surface area contributed by atoms with Crippen molar-refractivity contribution in [2.75, 3.05) is 20.8 Å². The van der Waals surface area contributed by atoms with E-state index in [1.165, 1.54) is 26.6 Å². The Kier molecular flexibility index (Phi) is 10.4. The summed E-state index contributed by atoms with van der Waals surface area (Å²) in [7, 11) is 3.00. The van der Waals surface area contributed by atoms with E-state index in [0.717, 1.165) is 20.0 Å². The first-order valence-electron chi connectivity index (χ1n) is 10.2. The predicted molar refractivity (Wildman–Crippen MR) is 149 cm³/mol. The van der Waals surface area contributed by atoms with Crippen LogP contribution in [0.5, 0.6) is 0 Å². The Bertz CT molecular complexity index is 1440. The Morgan fingerprint density at radius 3 is 1.83 bits per heavy atom. The van der Waals surface area contributed by atoms with Crippen molar-refractivity contribution in [3.05, 3.63) is 78.9 Å². The number of halogens is 5. The zero-order valence-corrected chi connectivity index (χ0v) is 24.3. The highest BCUT2D eigenvalue weighted by molar-refractivity contribution is 9.10. The first kappa shape index (κ1) is 28.7. The maximum absolute atomic E-state index is 12.2. The van der Waals surface area contributed by atoms with Gasteiger partial charge >= 0.3 is 0 Å². The molecule has 4 rings (SSSR count). The molecule has 7 nitrogen and oxygen atoms in total. The molecule has 0 spiro atoms. The van der Waals surface area contributed by atoms with Crippen LogP contribution in [0.2, 0.25) is 10.0 Å². The second kappa shape index (κ2) is 13.1. The molecule has 36 heavy (non-hydrogen) atoms. The molecule has 0 fully saturated rings. The molecule has 12 heteroatoms. The molecular formula is C24H18Br2Cl3N3O4. The average molecular weight is 679 g/mol. The van der Waals surface area contributed by atoms with Gasteiger partial charge in [0.25, 0.3) is 11.1 Å². The number of ether oxygens (including phenoxy) is 2. The molecule has 0 radical (unpaired) electrons. The summed E-state index contributed by atoms with van der Waals surface area (Å²) in [6.07, 6.45) is 2.34. The third-order valence-electron chi connectivity index (χ3n) is 4.94. The van der Waals surface area contributed by atoms with Gasteiger partial charge in [-0.15, -0.1) is 0 Å². The Balaban J connectivity index is 0.000000212. The molecule has 0 aliphatic carbocycles. The number of methoxy groups -OCH3 is 2. The summed E-state index contributed by atoms with van der Waals surface area (Å²) < 4.78 is 11.8. The highest BCUT2D eigenvalue weighted by Crippen LogP contribution is 2.29. The minimum Gasteiger partial charge on any atom is -0.354 e. The molecule has 2 aromatic carbocycles. The highest BCUT2D eigenvalue weighted by Gasteiger charge is 2.16. The van der Waals surface area contributed by atoms with Crippen molar-refractivity contribution in [1.29, 1.82) is 0 Å². The van der Waals surface area contributed by atoms with Crippen molar-refractivity contribution < 1.29 is 19.1 Å². The molecule has 0 saturated carbocycles. The Labute approximate surface area is 238 Å². The number of rotatable bonds is 6. The zero-order chi connectivity index (χ0) is 26.4. The standard InChI is InChI=1S/C14H14BrClN2O3.C10H4BrCl2NO/c1-20-12(21-2)7-18-14(19)10-6-17-11-4-3-8(15)5-9(11)13(10)16;11-5-1-2-8-6(3-5)9(12)7(4-14-8)10(13)15/h3-6,12H,7H2,1-2H3,(H,18,19);1-4H. The number of carbonyl (C=O) groups is 2. The van der Waals surface area contributed by atoms with E-state index in [-0.39, 0.29) is 18.0 Å². The van der Waals surface area contributed by atoms with Crippen LogP contribution < -0.4 is 5.32 Å². The smallest absolute Gasteiger partial charge is 0.255 e. The first-order chi connectivity index (χ1) is 17.2. The fourth-order valence-corrected chi connectivity index (χ4v) is 4.58. The van der Waals surface area contributed by atoms with E-state index in [2.05, 4.69) is 47.1 Å². The average Bonchev–Trinajstić information content (AvgIpc) is 2.86. The van der Waals surface area contributed by atoms with Gasteiger partial charge in [-0.25, -0.2) is 0 Å². The highest BCUT2D eigenvalue weighted by atomic mass is 79.9. The van der Waals surface area contributed by atoms with Gasteiger partial charge < -0.3 is 14.8 Å². The molecule has 2 aromatic heterocycles. The van der Waals surface area contributed by atoms with Gasteiger partial charge in [-0.1, -0.05) is 55.1 Å². The second-order valence-electron chi connectivity index (χ2n) is 7.18. The van der Waals surface area contributed by atoms with Gasteiger partial charge in [0.05, 0.1) is 38.8 Å². The third-order valence-corrected chi connectivity index (χ3v) is 6.94. The maximum Gasteiger partial charge on any atom is 0.255 e. The number of benzene rings is 2. The van der Waals surface area contributed by atoms with E-state index in [9.17, 15) is 9.59 Å². The number of pyridine rings is 2. The van der Waals surface area contributed by atoms with Gasteiger partial charge in [0.15, 0.2) is 6.29 Å². The second-order valence-corrected chi connectivity index (χ2v) is 10.1. The van der Waals surface area contributed by atoms with Gasteiger partial charge in [0.2, 0.25) is 0 Å². The Morgan fingerprint density at radius 1 is 0.889 bits per heavy atom. The van der Waals surface area contributed by atoms with Crippen molar-refractivity contribution in [3.63, 3.8) is 0 Å². The Morgan fingerprint density at radius 2 is 1.36 bits per heavy atom. The van der Waals surface area contributed by atoms with Crippen LogP contribution in [0.3, 0.4) is 0 Å². The van der Waals surface area contributed by atoms with Gasteiger partial charge in [0, 0.05) is 46.3 Å². The van der Waals surface area contributed by atoms with Crippen LogP contribution in [-0.4, -0.2) is 48.2 Å². The number of fused-ring (bicyclic) bond motifs is 2. The molecule has 188 valence electrons. The number of nitrogens with zero attached hydrogens (tertiary/aromatic N) is 2. The van der Waals surface area contributed by atoms with Gasteiger partial charge in [-0.2, -0.15) is 0 Å². The molecule has 0 atom stereocenters. The molecule has 0 aliphatic rings. The summed E-state index contributed by atoms with van der Waals surface area (Å²) in [5, 5.41) is 4.22. The van der Waals surface area contributed by atoms with E-state index in [1.807, 2.05) is 30.3 Å². The molecule has 0 aliphatic heterocycles. The van der Waals surface area contributed by atoms with Crippen LogP contribution in [0.4, 0.5) is 0 Å². The van der Waals surface area contributed by atoms with Crippen LogP contribution in [0.25, 0.3) is 21.8 Å². The normalized spacial score (nSPS) is 10.9. The summed E-state index contributed by atoms with van der Waals surface area (Å²) in [5.41, 5.74) is 1.99. The summed E-state index contributed by atoms with van der Waals surface area (Å²) in [5.74, 6) is -0.325. The number of aromatic nitrogens is 2. The van der Waals surface area contributed by atoms with E-state index in [0.29, 0.717) is 26.4 Å². The van der Waals surface area contributed by atoms with Gasteiger partial charge in [-0.3, -0.25) is 19.6 Å². The summed E-state index contributed by atoms with van der Waals surface area (Å²) >= 11 is 24.4. The quantitative estimate of drug-likeness (QED) is 0.174. The number of nitrogens with one attached hydrogen (secondary N) is 1. The van der Waals surface area contributed by atoms with Crippen molar-refractivity contribution >= 4 is 99.6 Å². The van der Waals surface area contributed by atoms with E-state index >= 15 is 0 Å². The monoisotopic (exact) mass is 675 g/mol. The molecule has 0 bridgehead atoms. The maximum atomic E-state index is 12.2. The lowest BCUT2D eigenvalue weighted by Crippen LogP contribution is -2.34. The Hall–Kier alpha value is -1.85. The SMILES string of the molecule is COC(CNC(=O)c1cnc2ccc(Br)cc2c1Cl)OC.O=C(Cl)c1cnc2ccc(Br)cc2c1Cl. The summed E-state index contributed by atoms with van der Waals surface area (Å²) in [6, 6.07) is 11.0. The van der Waals surface area contributed by atoms with E-state index < -0.39 is 11.5 Å². The van der Waals surface area contributed by atoms with Crippen LogP contribution >= 0.6 is 66.7 Å². The summed E-state index contributed by atoms with van der Waals surface area (Å²) in [4.78, 5) is 31.5. The fourth-order valence-electron chi connectivity index (χ4n) is 3.09. The minimum absolute atomic E-state index is 0.221. The van der Waals surface area contributed by atoms with Crippen molar-refractivity contribution in [1.82, 2.24) is 15.3 Å².